The van der Waals surface area contributed by atoms with Crippen molar-refractivity contribution in [2.45, 2.75) is 46.5 Å². The van der Waals surface area contributed by atoms with E-state index in [1.54, 1.807) is 0 Å². The third-order valence-corrected chi connectivity index (χ3v) is 3.49. The Labute approximate surface area is 111 Å². The Kier molecular flexibility index (Phi) is 6.43. The van der Waals surface area contributed by atoms with Crippen LogP contribution in [0.1, 0.15) is 45.1 Å². The summed E-state index contributed by atoms with van der Waals surface area (Å²) in [5, 5.41) is 0.861. The summed E-state index contributed by atoms with van der Waals surface area (Å²) < 4.78 is 0. The van der Waals surface area contributed by atoms with Crippen molar-refractivity contribution in [3.63, 3.8) is 0 Å². The van der Waals surface area contributed by atoms with Crippen molar-refractivity contribution in [1.82, 2.24) is 0 Å². The predicted molar refractivity (Wildman–Crippen MR) is 78.2 cm³/mol. The highest BCUT2D eigenvalue weighted by Crippen LogP contribution is 2.23. The van der Waals surface area contributed by atoms with Crippen molar-refractivity contribution >= 4 is 17.3 Å². The van der Waals surface area contributed by atoms with Crippen molar-refractivity contribution < 1.29 is 0 Å². The first-order valence-electron chi connectivity index (χ1n) is 6.70. The van der Waals surface area contributed by atoms with Crippen molar-refractivity contribution in [2.24, 2.45) is 0 Å². The Balaban J connectivity index is 2.75. The minimum absolute atomic E-state index is 0.861. The highest BCUT2D eigenvalue weighted by molar-refractivity contribution is 6.31. The lowest BCUT2D eigenvalue weighted by Crippen LogP contribution is -2.25. The van der Waals surface area contributed by atoms with Gasteiger partial charge >= 0.3 is 0 Å². The van der Waals surface area contributed by atoms with Gasteiger partial charge in [0.05, 0.1) is 0 Å². The van der Waals surface area contributed by atoms with Gasteiger partial charge in [0.1, 0.15) is 0 Å². The Morgan fingerprint density at radius 1 is 1.06 bits per heavy atom. The quantitative estimate of drug-likeness (QED) is 0.657. The number of halogens is 1. The molecule has 0 saturated heterocycles. The topological polar surface area (TPSA) is 3.24 Å². The molecule has 0 aliphatic carbocycles. The van der Waals surface area contributed by atoms with Crippen LogP contribution in [-0.4, -0.2) is 13.1 Å². The van der Waals surface area contributed by atoms with Crippen LogP contribution in [0.4, 0.5) is 5.69 Å². The van der Waals surface area contributed by atoms with Crippen molar-refractivity contribution in [2.75, 3.05) is 18.0 Å². The Morgan fingerprint density at radius 2 is 1.65 bits per heavy atom. The van der Waals surface area contributed by atoms with Crippen LogP contribution in [0.25, 0.3) is 0 Å². The van der Waals surface area contributed by atoms with E-state index in [1.165, 1.54) is 36.9 Å². The van der Waals surface area contributed by atoms with Crippen molar-refractivity contribution in [1.29, 1.82) is 0 Å². The molecule has 0 spiro atoms. The monoisotopic (exact) mass is 253 g/mol. The van der Waals surface area contributed by atoms with Crippen LogP contribution in [0, 0.1) is 6.92 Å². The van der Waals surface area contributed by atoms with E-state index in [2.05, 4.69) is 37.8 Å². The first kappa shape index (κ1) is 14.4. The second-order valence-electron chi connectivity index (χ2n) is 4.63. The zero-order valence-corrected chi connectivity index (χ0v) is 12.1. The van der Waals surface area contributed by atoms with Crippen LogP contribution in [0.15, 0.2) is 18.2 Å². The number of aryl methyl sites for hydroxylation is 1. The lowest BCUT2D eigenvalue weighted by molar-refractivity contribution is 0.678. The minimum Gasteiger partial charge on any atom is -0.372 e. The van der Waals surface area contributed by atoms with Crippen LogP contribution >= 0.6 is 11.6 Å². The van der Waals surface area contributed by atoms with Crippen LogP contribution in [0.5, 0.6) is 0 Å². The van der Waals surface area contributed by atoms with Gasteiger partial charge in [-0.1, -0.05) is 38.3 Å². The number of rotatable bonds is 7. The molecule has 1 aromatic rings. The largest absolute Gasteiger partial charge is 0.372 e. The minimum atomic E-state index is 0.861. The maximum absolute atomic E-state index is 6.08. The summed E-state index contributed by atoms with van der Waals surface area (Å²) in [5.41, 5.74) is 2.48. The molecule has 96 valence electrons. The third-order valence-electron chi connectivity index (χ3n) is 3.07. The molecular formula is C15H24ClN. The van der Waals surface area contributed by atoms with E-state index >= 15 is 0 Å². The molecule has 1 nitrogen and oxygen atoms in total. The fraction of sp³-hybridized carbons (Fsp3) is 0.600. The SMILES string of the molecule is CCCCN(CCCC)c1ccc(Cl)c(C)c1. The maximum atomic E-state index is 6.08. The molecule has 0 N–H and O–H groups in total. The van der Waals surface area contributed by atoms with Gasteiger partial charge in [-0.2, -0.15) is 0 Å². The predicted octanol–water partition coefficient (Wildman–Crippen LogP) is 5.06. The van der Waals surface area contributed by atoms with Gasteiger partial charge in [-0.05, 0) is 43.5 Å². The molecule has 0 amide bonds. The van der Waals surface area contributed by atoms with Gasteiger partial charge < -0.3 is 4.90 Å². The first-order valence-corrected chi connectivity index (χ1v) is 7.08. The van der Waals surface area contributed by atoms with Gasteiger partial charge in [0.25, 0.3) is 0 Å². The van der Waals surface area contributed by atoms with Crippen LogP contribution < -0.4 is 4.90 Å². The molecule has 0 fully saturated rings. The Hall–Kier alpha value is -0.690. The molecule has 0 bridgehead atoms. The fourth-order valence-corrected chi connectivity index (χ4v) is 2.01. The molecule has 0 unspecified atom stereocenters. The second-order valence-corrected chi connectivity index (χ2v) is 5.03. The van der Waals surface area contributed by atoms with E-state index in [0.717, 1.165) is 18.1 Å². The van der Waals surface area contributed by atoms with Gasteiger partial charge in [0.15, 0.2) is 0 Å². The Bertz CT molecular complexity index is 328. The molecule has 0 heterocycles. The molecule has 0 radical (unpaired) electrons. The molecule has 17 heavy (non-hydrogen) atoms. The Morgan fingerprint density at radius 3 is 2.12 bits per heavy atom. The summed E-state index contributed by atoms with van der Waals surface area (Å²) in [4.78, 5) is 2.48. The number of anilines is 1. The van der Waals surface area contributed by atoms with Crippen molar-refractivity contribution in [3.05, 3.63) is 28.8 Å². The summed E-state index contributed by atoms with van der Waals surface area (Å²) >= 11 is 6.08. The molecule has 0 aliphatic heterocycles. The number of nitrogens with zero attached hydrogens (tertiary/aromatic N) is 1. The zero-order chi connectivity index (χ0) is 12.7. The van der Waals surface area contributed by atoms with Crippen LogP contribution in [0.2, 0.25) is 5.02 Å². The van der Waals surface area contributed by atoms with Crippen molar-refractivity contribution in [3.8, 4) is 0 Å². The average molecular weight is 254 g/mol. The van der Waals surface area contributed by atoms with Crippen LogP contribution in [-0.2, 0) is 0 Å². The van der Waals surface area contributed by atoms with Gasteiger partial charge in [0.2, 0.25) is 0 Å². The van der Waals surface area contributed by atoms with Gasteiger partial charge in [-0.15, -0.1) is 0 Å². The highest BCUT2D eigenvalue weighted by atomic mass is 35.5. The zero-order valence-electron chi connectivity index (χ0n) is 11.3. The van der Waals surface area contributed by atoms with Gasteiger partial charge in [-0.25, -0.2) is 0 Å². The van der Waals surface area contributed by atoms with E-state index in [-0.39, 0.29) is 0 Å². The van der Waals surface area contributed by atoms with E-state index in [0.29, 0.717) is 0 Å². The van der Waals surface area contributed by atoms with Crippen LogP contribution in [0.3, 0.4) is 0 Å². The fourth-order valence-electron chi connectivity index (χ4n) is 1.89. The smallest absolute Gasteiger partial charge is 0.0436 e. The van der Waals surface area contributed by atoms with Gasteiger partial charge in [0, 0.05) is 23.8 Å². The molecule has 0 atom stereocenters. The molecule has 0 aromatic heterocycles. The van der Waals surface area contributed by atoms with E-state index in [4.69, 9.17) is 11.6 Å². The number of benzene rings is 1. The van der Waals surface area contributed by atoms with E-state index in [9.17, 15) is 0 Å². The normalized spacial score (nSPS) is 10.6. The summed E-state index contributed by atoms with van der Waals surface area (Å²) in [5.74, 6) is 0. The number of hydrogen-bond donors (Lipinski definition) is 0. The summed E-state index contributed by atoms with van der Waals surface area (Å²) in [7, 11) is 0. The number of hydrogen-bond acceptors (Lipinski definition) is 1. The molecular weight excluding hydrogens is 230 g/mol. The summed E-state index contributed by atoms with van der Waals surface area (Å²) in [6, 6.07) is 6.35. The average Bonchev–Trinajstić information content (AvgIpc) is 2.33. The molecule has 0 aliphatic rings. The maximum Gasteiger partial charge on any atom is 0.0436 e. The second kappa shape index (κ2) is 7.60. The number of unbranched alkanes of at least 4 members (excludes halogenated alkanes) is 2. The molecule has 1 aromatic carbocycles. The highest BCUT2D eigenvalue weighted by Gasteiger charge is 2.06. The van der Waals surface area contributed by atoms with Gasteiger partial charge in [-0.3, -0.25) is 0 Å². The molecule has 0 saturated carbocycles. The first-order chi connectivity index (χ1) is 8.19. The van der Waals surface area contributed by atoms with E-state index in [1.807, 2.05) is 6.07 Å². The lowest BCUT2D eigenvalue weighted by Gasteiger charge is -2.25. The molecule has 2 heteroatoms. The lowest BCUT2D eigenvalue weighted by atomic mass is 10.2. The third kappa shape index (κ3) is 4.59. The summed E-state index contributed by atoms with van der Waals surface area (Å²) in [6.07, 6.45) is 5.00. The standard InChI is InChI=1S/C15H24ClN/c1-4-6-10-17(11-7-5-2)14-8-9-15(16)13(3)12-14/h8-9,12H,4-7,10-11H2,1-3H3. The van der Waals surface area contributed by atoms with E-state index < -0.39 is 0 Å². The summed E-state index contributed by atoms with van der Waals surface area (Å²) in [6.45, 7) is 8.86. The molecule has 1 rings (SSSR count).